The molecule has 2 fully saturated rings. The van der Waals surface area contributed by atoms with Crippen LogP contribution in [0.2, 0.25) is 0 Å². The molecule has 4 rings (SSSR count). The maximum atomic E-state index is 15.0. The standard InChI is InChI=1S/C18H22FN7O3S/c1-18(14(20)27,12-9-26(17(28)29-12)11-5-3-2-4-6-11)24-7-8-25(13(19)10-24)16-23-22-15(21)30-16/h2-6,12-13H,7-10H2,1H3,(H2,20,27)(H2,21,22). The van der Waals surface area contributed by atoms with Gasteiger partial charge in [-0.1, -0.05) is 29.5 Å². The molecule has 2 aliphatic rings. The molecule has 0 radical (unpaired) electrons. The Morgan fingerprint density at radius 2 is 2.00 bits per heavy atom. The molecule has 30 heavy (non-hydrogen) atoms. The minimum absolute atomic E-state index is 0.113. The quantitative estimate of drug-likeness (QED) is 0.660. The minimum atomic E-state index is -1.45. The molecule has 0 spiro atoms. The van der Waals surface area contributed by atoms with Crippen LogP contribution in [0, 0.1) is 0 Å². The van der Waals surface area contributed by atoms with Crippen LogP contribution < -0.4 is 21.3 Å². The monoisotopic (exact) mass is 435 g/mol. The van der Waals surface area contributed by atoms with Crippen LogP contribution in [0.3, 0.4) is 0 Å². The Hall–Kier alpha value is -2.99. The van der Waals surface area contributed by atoms with Gasteiger partial charge in [0.25, 0.3) is 0 Å². The number of rotatable bonds is 5. The lowest BCUT2D eigenvalue weighted by molar-refractivity contribution is -0.137. The number of piperazine rings is 1. The van der Waals surface area contributed by atoms with E-state index in [2.05, 4.69) is 10.2 Å². The molecule has 10 nitrogen and oxygen atoms in total. The Bertz CT molecular complexity index is 945. The number of anilines is 3. The number of hydrogen-bond donors (Lipinski definition) is 2. The molecule has 12 heteroatoms. The molecule has 3 atom stereocenters. The Labute approximate surface area is 176 Å². The van der Waals surface area contributed by atoms with Gasteiger partial charge in [0.2, 0.25) is 16.2 Å². The highest BCUT2D eigenvalue weighted by molar-refractivity contribution is 7.18. The van der Waals surface area contributed by atoms with E-state index >= 15 is 4.39 Å². The number of para-hydroxylation sites is 1. The number of alkyl halides is 1. The zero-order valence-electron chi connectivity index (χ0n) is 16.3. The summed E-state index contributed by atoms with van der Waals surface area (Å²) in [5, 5.41) is 8.23. The van der Waals surface area contributed by atoms with Crippen molar-refractivity contribution < 1.29 is 18.7 Å². The highest BCUT2D eigenvalue weighted by atomic mass is 32.1. The first-order valence-electron chi connectivity index (χ1n) is 9.38. The molecule has 0 saturated carbocycles. The molecule has 0 aliphatic carbocycles. The molecule has 2 aromatic rings. The SMILES string of the molecule is CC(C(N)=O)(C1CN(c2ccccc2)C(=O)O1)N1CCN(c2nnc(N)s2)C(F)C1. The minimum Gasteiger partial charge on any atom is -0.441 e. The van der Waals surface area contributed by atoms with Gasteiger partial charge in [-0.25, -0.2) is 9.18 Å². The lowest BCUT2D eigenvalue weighted by Crippen LogP contribution is -2.68. The highest BCUT2D eigenvalue weighted by Gasteiger charge is 2.53. The summed E-state index contributed by atoms with van der Waals surface area (Å²) in [5.74, 6) is -0.684. The highest BCUT2D eigenvalue weighted by Crippen LogP contribution is 2.34. The number of amides is 2. The fraction of sp³-hybridized carbons (Fsp3) is 0.444. The van der Waals surface area contributed by atoms with Gasteiger partial charge < -0.3 is 21.1 Å². The summed E-state index contributed by atoms with van der Waals surface area (Å²) >= 11 is 1.09. The summed E-state index contributed by atoms with van der Waals surface area (Å²) in [4.78, 5) is 29.5. The van der Waals surface area contributed by atoms with Gasteiger partial charge in [0.15, 0.2) is 6.30 Å². The Balaban J connectivity index is 1.53. The van der Waals surface area contributed by atoms with Gasteiger partial charge in [-0.05, 0) is 19.1 Å². The number of carbonyl (C=O) groups excluding carboxylic acids is 2. The first-order chi connectivity index (χ1) is 14.3. The first-order valence-corrected chi connectivity index (χ1v) is 10.2. The largest absolute Gasteiger partial charge is 0.441 e. The number of carbonyl (C=O) groups is 2. The number of ether oxygens (including phenoxy) is 1. The number of nitrogen functional groups attached to an aromatic ring is 1. The number of cyclic esters (lactones) is 1. The molecule has 1 aromatic carbocycles. The molecule has 2 aliphatic heterocycles. The third-order valence-corrected chi connectivity index (χ3v) is 6.45. The van der Waals surface area contributed by atoms with E-state index in [0.717, 1.165) is 11.3 Å². The molecular formula is C18H22FN7O3S. The second kappa shape index (κ2) is 7.69. The average Bonchev–Trinajstić information content (AvgIpc) is 3.33. The van der Waals surface area contributed by atoms with Crippen molar-refractivity contribution in [3.8, 4) is 0 Å². The molecule has 2 saturated heterocycles. The van der Waals surface area contributed by atoms with E-state index in [0.29, 0.717) is 17.4 Å². The molecule has 0 bridgehead atoms. The Kier molecular flexibility index (Phi) is 5.20. The van der Waals surface area contributed by atoms with E-state index in [1.54, 1.807) is 36.1 Å². The van der Waals surface area contributed by atoms with Gasteiger partial charge in [-0.3, -0.25) is 14.6 Å². The number of aromatic nitrogens is 2. The van der Waals surface area contributed by atoms with Crippen LogP contribution in [0.25, 0.3) is 0 Å². The third-order valence-electron chi connectivity index (χ3n) is 5.66. The van der Waals surface area contributed by atoms with E-state index in [9.17, 15) is 9.59 Å². The number of halogens is 1. The van der Waals surface area contributed by atoms with Crippen molar-refractivity contribution in [2.45, 2.75) is 24.9 Å². The second-order valence-corrected chi connectivity index (χ2v) is 8.31. The van der Waals surface area contributed by atoms with Crippen LogP contribution in [0.15, 0.2) is 30.3 Å². The fourth-order valence-electron chi connectivity index (χ4n) is 3.81. The van der Waals surface area contributed by atoms with Crippen LogP contribution in [-0.4, -0.2) is 71.2 Å². The average molecular weight is 435 g/mol. The van der Waals surface area contributed by atoms with E-state index in [-0.39, 0.29) is 24.8 Å². The summed E-state index contributed by atoms with van der Waals surface area (Å²) < 4.78 is 20.5. The van der Waals surface area contributed by atoms with Gasteiger partial charge in [0.05, 0.1) is 6.54 Å². The van der Waals surface area contributed by atoms with Crippen molar-refractivity contribution in [1.82, 2.24) is 15.1 Å². The molecule has 3 heterocycles. The van der Waals surface area contributed by atoms with E-state index in [1.807, 2.05) is 6.07 Å². The Morgan fingerprint density at radius 3 is 2.60 bits per heavy atom. The van der Waals surface area contributed by atoms with E-state index in [4.69, 9.17) is 16.2 Å². The van der Waals surface area contributed by atoms with Crippen molar-refractivity contribution in [2.75, 3.05) is 41.7 Å². The van der Waals surface area contributed by atoms with Gasteiger partial charge in [-0.2, -0.15) is 0 Å². The first kappa shape index (κ1) is 20.3. The lowest BCUT2D eigenvalue weighted by Gasteiger charge is -2.46. The predicted molar refractivity (Wildman–Crippen MR) is 110 cm³/mol. The lowest BCUT2D eigenvalue weighted by atomic mass is 9.90. The van der Waals surface area contributed by atoms with Crippen LogP contribution in [0.4, 0.5) is 25.1 Å². The summed E-state index contributed by atoms with van der Waals surface area (Å²) in [7, 11) is 0. The van der Waals surface area contributed by atoms with Gasteiger partial charge in [-0.15, -0.1) is 10.2 Å². The van der Waals surface area contributed by atoms with Crippen LogP contribution in [-0.2, 0) is 9.53 Å². The van der Waals surface area contributed by atoms with Gasteiger partial charge in [0, 0.05) is 25.3 Å². The van der Waals surface area contributed by atoms with E-state index < -0.39 is 29.9 Å². The van der Waals surface area contributed by atoms with Crippen molar-refractivity contribution >= 4 is 39.3 Å². The number of nitrogens with zero attached hydrogens (tertiary/aromatic N) is 5. The van der Waals surface area contributed by atoms with Crippen molar-refractivity contribution in [3.63, 3.8) is 0 Å². The smallest absolute Gasteiger partial charge is 0.414 e. The maximum absolute atomic E-state index is 15.0. The molecule has 2 amide bonds. The summed E-state index contributed by atoms with van der Waals surface area (Å²) in [5.41, 5.74) is 10.6. The van der Waals surface area contributed by atoms with Crippen molar-refractivity contribution in [3.05, 3.63) is 30.3 Å². The zero-order valence-corrected chi connectivity index (χ0v) is 17.1. The van der Waals surface area contributed by atoms with Crippen molar-refractivity contribution in [2.24, 2.45) is 5.73 Å². The molecule has 160 valence electrons. The van der Waals surface area contributed by atoms with E-state index in [1.165, 1.54) is 9.80 Å². The number of primary amides is 1. The molecule has 1 aromatic heterocycles. The van der Waals surface area contributed by atoms with Gasteiger partial charge in [0.1, 0.15) is 11.6 Å². The maximum Gasteiger partial charge on any atom is 0.414 e. The van der Waals surface area contributed by atoms with Crippen molar-refractivity contribution in [1.29, 1.82) is 0 Å². The second-order valence-electron chi connectivity index (χ2n) is 7.33. The molecule has 4 N–H and O–H groups in total. The fourth-order valence-corrected chi connectivity index (χ4v) is 4.49. The number of hydrogen-bond acceptors (Lipinski definition) is 9. The molecular weight excluding hydrogens is 413 g/mol. The van der Waals surface area contributed by atoms with Gasteiger partial charge >= 0.3 is 6.09 Å². The zero-order chi connectivity index (χ0) is 21.5. The Morgan fingerprint density at radius 1 is 1.27 bits per heavy atom. The number of nitrogens with two attached hydrogens (primary N) is 2. The topological polar surface area (TPSA) is 131 Å². The van der Waals surface area contributed by atoms with Crippen LogP contribution in [0.5, 0.6) is 0 Å². The number of benzene rings is 1. The van der Waals surface area contributed by atoms with Crippen LogP contribution in [0.1, 0.15) is 6.92 Å². The normalized spacial score (nSPS) is 24.5. The summed E-state index contributed by atoms with van der Waals surface area (Å²) in [6.07, 6.45) is -2.87. The summed E-state index contributed by atoms with van der Waals surface area (Å²) in [6.45, 7) is 2.18. The third kappa shape index (κ3) is 3.41. The van der Waals surface area contributed by atoms with Crippen LogP contribution >= 0.6 is 11.3 Å². The predicted octanol–water partition coefficient (Wildman–Crippen LogP) is 0.807. The molecule has 3 unspecified atom stereocenters. The summed E-state index contributed by atoms with van der Waals surface area (Å²) in [6, 6.07) is 8.99.